The number of nitrogens with two attached hydrogens (primary N) is 1. The first kappa shape index (κ1) is 30.3. The van der Waals surface area contributed by atoms with E-state index in [0.29, 0.717) is 19.7 Å². The number of ketones is 4. The van der Waals surface area contributed by atoms with Crippen molar-refractivity contribution in [2.24, 2.45) is 29.4 Å². The SMILES string of the molecule is CCN1CCOCC1c1cc(O)c2c(c1C(F)(F)F)CC1CC3C(N(C)C)C(=O)C(C(N)=O)C(=O)C3(O)C(=O)C1C2=O. The van der Waals surface area contributed by atoms with E-state index in [9.17, 15) is 47.4 Å². The summed E-state index contributed by atoms with van der Waals surface area (Å²) in [4.78, 5) is 69.4. The maximum atomic E-state index is 14.8. The lowest BCUT2D eigenvalue weighted by Gasteiger charge is -2.52. The van der Waals surface area contributed by atoms with Gasteiger partial charge in [0.05, 0.1) is 42.3 Å². The number of ether oxygens (including phenoxy) is 1. The van der Waals surface area contributed by atoms with E-state index in [1.807, 2.05) is 0 Å². The highest BCUT2D eigenvalue weighted by Crippen LogP contribution is 2.53. The summed E-state index contributed by atoms with van der Waals surface area (Å²) in [6.07, 6.45) is -5.78. The van der Waals surface area contributed by atoms with Crippen LogP contribution in [0.15, 0.2) is 6.07 Å². The lowest BCUT2D eigenvalue weighted by atomic mass is 9.52. The van der Waals surface area contributed by atoms with E-state index in [2.05, 4.69) is 0 Å². The number of rotatable bonds is 4. The lowest BCUT2D eigenvalue weighted by molar-refractivity contribution is -0.181. The van der Waals surface area contributed by atoms with Gasteiger partial charge in [-0.15, -0.1) is 0 Å². The Morgan fingerprint density at radius 1 is 1.21 bits per heavy atom. The minimum atomic E-state index is -4.95. The number of amides is 1. The van der Waals surface area contributed by atoms with Crippen LogP contribution in [0.5, 0.6) is 5.75 Å². The predicted molar refractivity (Wildman–Crippen MR) is 137 cm³/mol. The number of morpholine rings is 1. The Labute approximate surface area is 238 Å². The van der Waals surface area contributed by atoms with Crippen molar-refractivity contribution in [2.45, 2.75) is 43.6 Å². The quantitative estimate of drug-likeness (QED) is 0.412. The molecule has 7 atom stereocenters. The van der Waals surface area contributed by atoms with E-state index >= 15 is 0 Å². The van der Waals surface area contributed by atoms with Crippen molar-refractivity contribution in [1.29, 1.82) is 0 Å². The molecule has 1 aromatic carbocycles. The first-order valence-corrected chi connectivity index (χ1v) is 13.7. The van der Waals surface area contributed by atoms with Gasteiger partial charge in [0.2, 0.25) is 5.91 Å². The average molecular weight is 596 g/mol. The number of primary amides is 1. The number of hydrogen-bond acceptors (Lipinski definition) is 10. The van der Waals surface area contributed by atoms with E-state index in [1.165, 1.54) is 19.0 Å². The van der Waals surface area contributed by atoms with Gasteiger partial charge in [0.25, 0.3) is 0 Å². The molecule has 1 aromatic rings. The van der Waals surface area contributed by atoms with Gasteiger partial charge in [-0.3, -0.25) is 33.8 Å². The zero-order valence-electron chi connectivity index (χ0n) is 23.2. The van der Waals surface area contributed by atoms with Gasteiger partial charge in [0.1, 0.15) is 5.75 Å². The number of likely N-dealkylation sites (N-methyl/N-ethyl adjacent to an activating group) is 2. The van der Waals surface area contributed by atoms with Crippen LogP contribution in [-0.2, 0) is 36.5 Å². The zero-order valence-corrected chi connectivity index (χ0v) is 23.2. The molecular formula is C28H32F3N3O8. The van der Waals surface area contributed by atoms with Crippen molar-refractivity contribution in [3.8, 4) is 5.75 Å². The molecule has 3 fully saturated rings. The fraction of sp³-hybridized carbons (Fsp3) is 0.607. The molecule has 0 bridgehead atoms. The molecule has 2 saturated carbocycles. The second-order valence-corrected chi connectivity index (χ2v) is 11.7. The summed E-state index contributed by atoms with van der Waals surface area (Å²) in [5, 5.41) is 22.6. The lowest BCUT2D eigenvalue weighted by Crippen LogP contribution is -2.74. The smallest absolute Gasteiger partial charge is 0.417 e. The van der Waals surface area contributed by atoms with Crippen LogP contribution in [-0.4, -0.2) is 101 Å². The van der Waals surface area contributed by atoms with Crippen LogP contribution in [0.4, 0.5) is 13.2 Å². The van der Waals surface area contributed by atoms with Crippen molar-refractivity contribution in [3.63, 3.8) is 0 Å². The summed E-state index contributed by atoms with van der Waals surface area (Å²) in [5.74, 6) is -13.5. The number of fused-ring (bicyclic) bond motifs is 3. The molecule has 0 spiro atoms. The number of benzene rings is 1. The van der Waals surface area contributed by atoms with E-state index in [0.717, 1.165) is 6.07 Å². The molecular weight excluding hydrogens is 563 g/mol. The molecule has 1 heterocycles. The standard InChI is InChI=1S/C28H32F3N3O8/c1-4-34-5-6-42-10-15(34)12-9-16(35)18-13(20(12)28(29,30)31)7-11-8-14-21(33(2)3)23(37)19(26(32)40)25(39)27(14,41)24(38)17(11)22(18)36/h9,11,14-15,17,19,21,35,41H,4-8,10H2,1-3H3,(H2,32,40). The number of nitrogens with zero attached hydrogens (tertiary/aromatic N) is 2. The number of phenols is 1. The fourth-order valence-corrected chi connectivity index (χ4v) is 7.61. The van der Waals surface area contributed by atoms with Gasteiger partial charge >= 0.3 is 6.18 Å². The molecule has 4 aliphatic rings. The highest BCUT2D eigenvalue weighted by molar-refractivity contribution is 6.32. The van der Waals surface area contributed by atoms with Crippen LogP contribution < -0.4 is 5.73 Å². The Hall–Kier alpha value is -3.20. The monoisotopic (exact) mass is 595 g/mol. The van der Waals surface area contributed by atoms with E-state index < -0.39 is 105 Å². The van der Waals surface area contributed by atoms with Crippen molar-refractivity contribution >= 4 is 29.0 Å². The summed E-state index contributed by atoms with van der Waals surface area (Å²) in [5.41, 5.74) is -0.201. The Bertz CT molecular complexity index is 1400. The maximum absolute atomic E-state index is 14.8. The summed E-state index contributed by atoms with van der Waals surface area (Å²) < 4.78 is 49.9. The molecule has 1 aliphatic heterocycles. The topological polar surface area (TPSA) is 168 Å². The molecule has 0 aromatic heterocycles. The first-order valence-electron chi connectivity index (χ1n) is 13.7. The normalized spacial score (nSPS) is 33.8. The Balaban J connectivity index is 1.68. The van der Waals surface area contributed by atoms with E-state index in [1.54, 1.807) is 11.8 Å². The second-order valence-electron chi connectivity index (χ2n) is 11.7. The zero-order chi connectivity index (χ0) is 31.0. The number of hydrogen-bond donors (Lipinski definition) is 3. The molecule has 228 valence electrons. The van der Waals surface area contributed by atoms with Crippen LogP contribution in [0.25, 0.3) is 0 Å². The third-order valence-electron chi connectivity index (χ3n) is 9.38. The molecule has 1 amide bonds. The van der Waals surface area contributed by atoms with Gasteiger partial charge < -0.3 is 20.7 Å². The average Bonchev–Trinajstić information content (AvgIpc) is 2.89. The predicted octanol–water partition coefficient (Wildman–Crippen LogP) is 0.279. The molecule has 5 rings (SSSR count). The maximum Gasteiger partial charge on any atom is 0.417 e. The van der Waals surface area contributed by atoms with Crippen molar-refractivity contribution in [1.82, 2.24) is 9.80 Å². The summed E-state index contributed by atoms with van der Waals surface area (Å²) in [7, 11) is 2.85. The minimum absolute atomic E-state index is 0.0709. The Morgan fingerprint density at radius 2 is 1.88 bits per heavy atom. The van der Waals surface area contributed by atoms with Crippen molar-refractivity contribution in [3.05, 3.63) is 28.3 Å². The molecule has 42 heavy (non-hydrogen) atoms. The molecule has 7 unspecified atom stereocenters. The summed E-state index contributed by atoms with van der Waals surface area (Å²) in [6, 6.07) is -1.34. The van der Waals surface area contributed by atoms with Crippen LogP contribution in [0.3, 0.4) is 0 Å². The summed E-state index contributed by atoms with van der Waals surface area (Å²) >= 11 is 0. The van der Waals surface area contributed by atoms with Gasteiger partial charge in [-0.05, 0) is 56.6 Å². The number of alkyl halides is 3. The van der Waals surface area contributed by atoms with Crippen molar-refractivity contribution in [2.75, 3.05) is 40.4 Å². The molecule has 1 saturated heterocycles. The first-order chi connectivity index (χ1) is 19.6. The minimum Gasteiger partial charge on any atom is -0.507 e. The van der Waals surface area contributed by atoms with Crippen LogP contribution in [0.2, 0.25) is 0 Å². The fourth-order valence-electron chi connectivity index (χ4n) is 7.61. The van der Waals surface area contributed by atoms with Crippen LogP contribution in [0, 0.1) is 23.7 Å². The number of carbonyl (C=O) groups excluding carboxylic acids is 5. The number of halogens is 3. The number of phenolic OH excluding ortho intramolecular Hbond substituents is 1. The molecule has 14 heteroatoms. The molecule has 4 N–H and O–H groups in total. The largest absolute Gasteiger partial charge is 0.507 e. The van der Waals surface area contributed by atoms with Crippen LogP contribution in [0.1, 0.15) is 46.4 Å². The number of Topliss-reactive ketones (excluding diaryl/α,β-unsaturated/α-hetero) is 4. The van der Waals surface area contributed by atoms with Crippen molar-refractivity contribution < 1.29 is 52.1 Å². The third-order valence-corrected chi connectivity index (χ3v) is 9.38. The Kier molecular flexibility index (Phi) is 7.36. The van der Waals surface area contributed by atoms with Gasteiger partial charge in [-0.1, -0.05) is 6.92 Å². The number of aliphatic hydroxyl groups is 1. The van der Waals surface area contributed by atoms with Crippen LogP contribution >= 0.6 is 0 Å². The third kappa shape index (κ3) is 4.21. The van der Waals surface area contributed by atoms with Gasteiger partial charge in [-0.25, -0.2) is 0 Å². The van der Waals surface area contributed by atoms with E-state index in [-0.39, 0.29) is 18.6 Å². The number of aromatic hydroxyl groups is 1. The molecule has 3 aliphatic carbocycles. The van der Waals surface area contributed by atoms with Gasteiger partial charge in [0.15, 0.2) is 34.7 Å². The highest BCUT2D eigenvalue weighted by Gasteiger charge is 2.69. The van der Waals surface area contributed by atoms with E-state index in [4.69, 9.17) is 10.5 Å². The second kappa shape index (κ2) is 10.2. The van der Waals surface area contributed by atoms with Gasteiger partial charge in [-0.2, -0.15) is 13.2 Å². The summed E-state index contributed by atoms with van der Waals surface area (Å²) in [6.45, 7) is 2.79. The van der Waals surface area contributed by atoms with Gasteiger partial charge in [0, 0.05) is 12.5 Å². The highest BCUT2D eigenvalue weighted by atomic mass is 19.4. The molecule has 11 nitrogen and oxygen atoms in total. The molecule has 0 radical (unpaired) electrons. The number of carbonyl (C=O) groups is 5. The Morgan fingerprint density at radius 3 is 2.45 bits per heavy atom.